The summed E-state index contributed by atoms with van der Waals surface area (Å²) in [7, 11) is 0. The molecule has 1 aliphatic heterocycles. The molecule has 24 heavy (non-hydrogen) atoms. The summed E-state index contributed by atoms with van der Waals surface area (Å²) < 4.78 is 37.7. The van der Waals surface area contributed by atoms with E-state index in [9.17, 15) is 18.0 Å². The SMILES string of the molecule is CC(ON1C=CN(c2ccc(C(F)(F)F)cc2)N1)C(=O)NC1CC1. The molecule has 1 saturated carbocycles. The van der Waals surface area contributed by atoms with Crippen LogP contribution in [0.25, 0.3) is 0 Å². The number of hydroxylamine groups is 1. The number of hydrogen-bond acceptors (Lipinski definition) is 5. The van der Waals surface area contributed by atoms with E-state index in [2.05, 4.69) is 10.9 Å². The molecule has 3 rings (SSSR count). The van der Waals surface area contributed by atoms with Gasteiger partial charge in [0.2, 0.25) is 0 Å². The van der Waals surface area contributed by atoms with Gasteiger partial charge in [0.05, 0.1) is 17.5 Å². The molecule has 130 valence electrons. The summed E-state index contributed by atoms with van der Waals surface area (Å²) >= 11 is 0. The summed E-state index contributed by atoms with van der Waals surface area (Å²) in [6.07, 6.45) is 0.0126. The van der Waals surface area contributed by atoms with Crippen LogP contribution in [-0.4, -0.2) is 23.2 Å². The number of nitrogens with zero attached hydrogens (tertiary/aromatic N) is 2. The number of carbonyl (C=O) groups excluding carboxylic acids is 1. The molecule has 2 aliphatic rings. The maximum Gasteiger partial charge on any atom is 0.416 e. The first kappa shape index (κ1) is 16.6. The topological polar surface area (TPSA) is 56.8 Å². The van der Waals surface area contributed by atoms with Crippen LogP contribution in [0.1, 0.15) is 25.3 Å². The van der Waals surface area contributed by atoms with Crippen molar-refractivity contribution in [2.24, 2.45) is 0 Å². The second-order valence-corrected chi connectivity index (χ2v) is 5.67. The number of nitrogens with one attached hydrogen (secondary N) is 2. The Balaban J connectivity index is 1.53. The number of carbonyl (C=O) groups is 1. The molecule has 0 bridgehead atoms. The van der Waals surface area contributed by atoms with Gasteiger partial charge in [-0.05, 0) is 44.0 Å². The molecule has 0 spiro atoms. The van der Waals surface area contributed by atoms with Crippen LogP contribution in [0.15, 0.2) is 36.7 Å². The van der Waals surface area contributed by atoms with Gasteiger partial charge in [-0.1, -0.05) is 0 Å². The van der Waals surface area contributed by atoms with Gasteiger partial charge in [0.25, 0.3) is 5.91 Å². The van der Waals surface area contributed by atoms with Crippen LogP contribution in [0.5, 0.6) is 0 Å². The number of benzene rings is 1. The van der Waals surface area contributed by atoms with Crippen LogP contribution in [0.4, 0.5) is 18.9 Å². The van der Waals surface area contributed by atoms with Crippen LogP contribution in [0, 0.1) is 0 Å². The smallest absolute Gasteiger partial charge is 0.351 e. The van der Waals surface area contributed by atoms with E-state index in [4.69, 9.17) is 4.84 Å². The van der Waals surface area contributed by atoms with E-state index in [-0.39, 0.29) is 11.9 Å². The highest BCUT2D eigenvalue weighted by Gasteiger charge is 2.30. The third kappa shape index (κ3) is 3.98. The number of hydrogen-bond donors (Lipinski definition) is 2. The first-order chi connectivity index (χ1) is 11.3. The molecule has 9 heteroatoms. The van der Waals surface area contributed by atoms with Gasteiger partial charge in [-0.15, -0.1) is 5.53 Å². The van der Waals surface area contributed by atoms with Crippen molar-refractivity contribution in [1.29, 1.82) is 0 Å². The summed E-state index contributed by atoms with van der Waals surface area (Å²) in [5, 5.41) is 5.54. The van der Waals surface area contributed by atoms with Crippen LogP contribution in [0.2, 0.25) is 0 Å². The van der Waals surface area contributed by atoms with Crippen molar-refractivity contribution in [3.63, 3.8) is 0 Å². The Morgan fingerprint density at radius 1 is 1.29 bits per heavy atom. The first-order valence-electron chi connectivity index (χ1n) is 7.50. The fourth-order valence-corrected chi connectivity index (χ4v) is 2.08. The van der Waals surface area contributed by atoms with Gasteiger partial charge in [-0.3, -0.25) is 9.80 Å². The minimum absolute atomic E-state index is 0.208. The van der Waals surface area contributed by atoms with Crippen LogP contribution in [0.3, 0.4) is 0 Å². The van der Waals surface area contributed by atoms with E-state index >= 15 is 0 Å². The zero-order valence-electron chi connectivity index (χ0n) is 12.9. The molecule has 1 heterocycles. The quantitative estimate of drug-likeness (QED) is 0.860. The van der Waals surface area contributed by atoms with Crippen molar-refractivity contribution < 1.29 is 22.8 Å². The molecule has 6 nitrogen and oxygen atoms in total. The monoisotopic (exact) mass is 342 g/mol. The molecule has 0 saturated heterocycles. The third-order valence-corrected chi connectivity index (χ3v) is 3.59. The molecule has 1 aromatic carbocycles. The number of halogens is 3. The molecular weight excluding hydrogens is 325 g/mol. The van der Waals surface area contributed by atoms with Crippen LogP contribution in [-0.2, 0) is 15.8 Å². The Kier molecular flexibility index (Phi) is 4.37. The maximum absolute atomic E-state index is 12.6. The fourth-order valence-electron chi connectivity index (χ4n) is 2.08. The maximum atomic E-state index is 12.6. The van der Waals surface area contributed by atoms with Gasteiger partial charge in [0.1, 0.15) is 0 Å². The second kappa shape index (κ2) is 6.33. The van der Waals surface area contributed by atoms with Crippen LogP contribution < -0.4 is 15.9 Å². The highest BCUT2D eigenvalue weighted by Crippen LogP contribution is 2.30. The summed E-state index contributed by atoms with van der Waals surface area (Å²) in [6, 6.07) is 4.93. The highest BCUT2D eigenvalue weighted by atomic mass is 19.4. The lowest BCUT2D eigenvalue weighted by molar-refractivity contribution is -0.191. The molecule has 1 atom stereocenters. The molecule has 1 amide bonds. The standard InChI is InChI=1S/C15H17F3N4O2/c1-10(14(23)19-12-4-5-12)24-22-9-8-21(20-22)13-6-2-11(3-7-13)15(16,17)18/h2-3,6-10,12,20H,4-5H2,1H3,(H,19,23). The van der Waals surface area contributed by atoms with Crippen molar-refractivity contribution >= 4 is 11.6 Å². The lowest BCUT2D eigenvalue weighted by atomic mass is 10.2. The summed E-state index contributed by atoms with van der Waals surface area (Å²) in [5.74, 6) is -0.208. The predicted molar refractivity (Wildman–Crippen MR) is 79.7 cm³/mol. The van der Waals surface area contributed by atoms with E-state index in [0.29, 0.717) is 5.69 Å². The second-order valence-electron chi connectivity index (χ2n) is 5.67. The average Bonchev–Trinajstić information content (AvgIpc) is 3.22. The van der Waals surface area contributed by atoms with Crippen molar-refractivity contribution in [2.75, 3.05) is 5.01 Å². The largest absolute Gasteiger partial charge is 0.416 e. The molecular formula is C15H17F3N4O2. The zero-order chi connectivity index (χ0) is 17.3. The number of rotatable bonds is 5. The van der Waals surface area contributed by atoms with E-state index in [0.717, 1.165) is 25.0 Å². The third-order valence-electron chi connectivity index (χ3n) is 3.59. The van der Waals surface area contributed by atoms with Crippen molar-refractivity contribution in [2.45, 2.75) is 38.1 Å². The van der Waals surface area contributed by atoms with Gasteiger partial charge in [-0.2, -0.15) is 18.3 Å². The lowest BCUT2D eigenvalue weighted by Gasteiger charge is -2.24. The lowest BCUT2D eigenvalue weighted by Crippen LogP contribution is -2.45. The summed E-state index contributed by atoms with van der Waals surface area (Å²) in [5.41, 5.74) is 2.58. The normalized spacial score (nSPS) is 18.8. The number of alkyl halides is 3. The molecule has 2 N–H and O–H groups in total. The van der Waals surface area contributed by atoms with Gasteiger partial charge < -0.3 is 5.32 Å². The molecule has 1 aliphatic carbocycles. The van der Waals surface area contributed by atoms with Crippen molar-refractivity contribution in [1.82, 2.24) is 16.0 Å². The highest BCUT2D eigenvalue weighted by molar-refractivity contribution is 5.80. The minimum atomic E-state index is -4.37. The molecule has 1 fully saturated rings. The van der Waals surface area contributed by atoms with Gasteiger partial charge in [0, 0.05) is 12.2 Å². The minimum Gasteiger partial charge on any atom is -0.351 e. The number of amides is 1. The van der Waals surface area contributed by atoms with E-state index < -0.39 is 17.8 Å². The Morgan fingerprint density at radius 3 is 2.54 bits per heavy atom. The fraction of sp³-hybridized carbons (Fsp3) is 0.400. The molecule has 0 radical (unpaired) electrons. The number of anilines is 1. The van der Waals surface area contributed by atoms with E-state index in [1.807, 2.05) is 0 Å². The van der Waals surface area contributed by atoms with Gasteiger partial charge >= 0.3 is 6.18 Å². The van der Waals surface area contributed by atoms with Crippen LogP contribution >= 0.6 is 0 Å². The Hall–Kier alpha value is -2.26. The van der Waals surface area contributed by atoms with E-state index in [1.54, 1.807) is 13.1 Å². The Labute approximate surface area is 136 Å². The Bertz CT molecular complexity index is 629. The Morgan fingerprint density at radius 2 is 1.96 bits per heavy atom. The van der Waals surface area contributed by atoms with Gasteiger partial charge in [0.15, 0.2) is 6.10 Å². The van der Waals surface area contributed by atoms with Crippen molar-refractivity contribution in [3.8, 4) is 0 Å². The van der Waals surface area contributed by atoms with Gasteiger partial charge in [-0.25, -0.2) is 4.84 Å². The molecule has 1 aromatic rings. The zero-order valence-corrected chi connectivity index (χ0v) is 12.9. The first-order valence-corrected chi connectivity index (χ1v) is 7.50. The van der Waals surface area contributed by atoms with E-state index in [1.165, 1.54) is 28.5 Å². The predicted octanol–water partition coefficient (Wildman–Crippen LogP) is 2.32. The summed E-state index contributed by atoms with van der Waals surface area (Å²) in [4.78, 5) is 17.3. The average molecular weight is 342 g/mol. The molecule has 0 aromatic heterocycles. The molecule has 1 unspecified atom stereocenters. The summed E-state index contributed by atoms with van der Waals surface area (Å²) in [6.45, 7) is 1.62. The van der Waals surface area contributed by atoms with Crippen molar-refractivity contribution in [3.05, 3.63) is 42.2 Å². The number of hydrazine groups is 2.